The highest BCUT2D eigenvalue weighted by Gasteiger charge is 2.36. The van der Waals surface area contributed by atoms with Crippen LogP contribution in [-0.4, -0.2) is 65.4 Å². The fourth-order valence-corrected chi connectivity index (χ4v) is 5.07. The molecule has 1 atom stereocenters. The fraction of sp³-hybridized carbons (Fsp3) is 0.647. The van der Waals surface area contributed by atoms with E-state index in [9.17, 15) is 13.2 Å². The minimum Gasteiger partial charge on any atom is -0.481 e. The molecule has 1 unspecified atom stereocenters. The lowest BCUT2D eigenvalue weighted by molar-refractivity contribution is -0.142. The third-order valence-electron chi connectivity index (χ3n) is 4.95. The molecular weight excluding hydrogens is 358 g/mol. The largest absolute Gasteiger partial charge is 0.481 e. The molecule has 0 amide bonds. The van der Waals surface area contributed by atoms with Gasteiger partial charge in [-0.15, -0.1) is 0 Å². The van der Waals surface area contributed by atoms with E-state index in [1.54, 1.807) is 18.3 Å². The van der Waals surface area contributed by atoms with E-state index < -0.39 is 22.1 Å². The summed E-state index contributed by atoms with van der Waals surface area (Å²) >= 11 is 0. The Morgan fingerprint density at radius 1 is 1.31 bits per heavy atom. The van der Waals surface area contributed by atoms with Gasteiger partial charge < -0.3 is 9.84 Å². The normalized spacial score (nSPS) is 22.7. The third-order valence-corrected chi connectivity index (χ3v) is 6.90. The minimum atomic E-state index is -3.71. The van der Waals surface area contributed by atoms with Crippen molar-refractivity contribution in [1.82, 2.24) is 13.6 Å². The Morgan fingerprint density at radius 2 is 2.08 bits per heavy atom. The number of ether oxygens (including phenoxy) is 1. The van der Waals surface area contributed by atoms with Crippen molar-refractivity contribution in [2.75, 3.05) is 26.2 Å². The van der Waals surface area contributed by atoms with Gasteiger partial charge in [0.05, 0.1) is 24.3 Å². The number of carbonyl (C=O) groups is 1. The Kier molecular flexibility index (Phi) is 6.23. The van der Waals surface area contributed by atoms with Gasteiger partial charge in [0.15, 0.2) is 0 Å². The number of piperidine rings is 1. The molecule has 2 fully saturated rings. The van der Waals surface area contributed by atoms with E-state index in [1.165, 1.54) is 8.61 Å². The number of aliphatic carboxylic acids is 1. The van der Waals surface area contributed by atoms with E-state index in [0.29, 0.717) is 25.1 Å². The van der Waals surface area contributed by atoms with E-state index in [0.717, 1.165) is 12.8 Å². The van der Waals surface area contributed by atoms with E-state index in [4.69, 9.17) is 9.84 Å². The van der Waals surface area contributed by atoms with E-state index in [2.05, 4.69) is 4.98 Å². The highest BCUT2D eigenvalue weighted by atomic mass is 32.2. The molecule has 0 radical (unpaired) electrons. The number of pyridine rings is 1. The molecule has 1 N–H and O–H groups in total. The number of carboxylic acid groups (broad SMARTS) is 1. The molecule has 0 bridgehead atoms. The van der Waals surface area contributed by atoms with Crippen LogP contribution in [0.1, 0.15) is 31.4 Å². The predicted molar refractivity (Wildman–Crippen MR) is 94.5 cm³/mol. The van der Waals surface area contributed by atoms with Crippen LogP contribution in [-0.2, 0) is 26.3 Å². The minimum absolute atomic E-state index is 0.106. The van der Waals surface area contributed by atoms with Gasteiger partial charge in [-0.2, -0.15) is 17.0 Å². The van der Waals surface area contributed by atoms with Crippen LogP contribution in [0.2, 0.25) is 0 Å². The summed E-state index contributed by atoms with van der Waals surface area (Å²) in [5.74, 6) is -1.32. The molecule has 1 aromatic heterocycles. The first-order valence-electron chi connectivity index (χ1n) is 8.96. The third kappa shape index (κ3) is 4.59. The summed E-state index contributed by atoms with van der Waals surface area (Å²) in [6, 6.07) is 5.42. The smallest absolute Gasteiger partial charge is 0.306 e. The molecule has 2 aliphatic rings. The highest BCUT2D eigenvalue weighted by Crippen LogP contribution is 2.24. The summed E-state index contributed by atoms with van der Waals surface area (Å²) in [6.07, 6.45) is 3.99. The van der Waals surface area contributed by atoms with Crippen molar-refractivity contribution in [1.29, 1.82) is 0 Å². The van der Waals surface area contributed by atoms with Crippen molar-refractivity contribution in [2.24, 2.45) is 5.92 Å². The van der Waals surface area contributed by atoms with Crippen molar-refractivity contribution in [3.63, 3.8) is 0 Å². The van der Waals surface area contributed by atoms with Gasteiger partial charge in [0.1, 0.15) is 0 Å². The van der Waals surface area contributed by atoms with Crippen LogP contribution in [0.15, 0.2) is 24.4 Å². The summed E-state index contributed by atoms with van der Waals surface area (Å²) in [5.41, 5.74) is 0.675. The van der Waals surface area contributed by atoms with Crippen LogP contribution in [0.3, 0.4) is 0 Å². The average molecular weight is 383 g/mol. The first-order valence-corrected chi connectivity index (χ1v) is 10.4. The lowest BCUT2D eigenvalue weighted by Gasteiger charge is -2.34. The molecule has 1 aromatic rings. The number of hydrogen-bond acceptors (Lipinski definition) is 5. The average Bonchev–Trinajstić information content (AvgIpc) is 3.15. The molecule has 0 saturated carbocycles. The summed E-state index contributed by atoms with van der Waals surface area (Å²) < 4.78 is 34.8. The molecule has 2 saturated heterocycles. The quantitative estimate of drug-likeness (QED) is 0.757. The Bertz CT molecular complexity index is 698. The van der Waals surface area contributed by atoms with Gasteiger partial charge >= 0.3 is 5.97 Å². The molecule has 144 valence electrons. The lowest BCUT2D eigenvalue weighted by Crippen LogP contribution is -2.49. The van der Waals surface area contributed by atoms with E-state index >= 15 is 0 Å². The number of nitrogens with zero attached hydrogens (tertiary/aromatic N) is 3. The van der Waals surface area contributed by atoms with Gasteiger partial charge in [0.25, 0.3) is 10.2 Å². The van der Waals surface area contributed by atoms with Crippen molar-refractivity contribution >= 4 is 16.2 Å². The Morgan fingerprint density at radius 3 is 2.65 bits per heavy atom. The summed E-state index contributed by atoms with van der Waals surface area (Å²) in [4.78, 5) is 15.4. The van der Waals surface area contributed by atoms with Crippen LogP contribution in [0.5, 0.6) is 0 Å². The van der Waals surface area contributed by atoms with Crippen LogP contribution in [0.25, 0.3) is 0 Å². The standard InChI is InChI=1S/C17H25N3O5S/c21-17(22)14-6-9-19(10-7-14)26(23,24)20(13-16-5-3-11-25-16)12-15-4-1-2-8-18-15/h1-2,4,8,14,16H,3,5-7,9-13H2,(H,21,22). The van der Waals surface area contributed by atoms with Crippen LogP contribution >= 0.6 is 0 Å². The van der Waals surface area contributed by atoms with Gasteiger partial charge in [-0.3, -0.25) is 9.78 Å². The van der Waals surface area contributed by atoms with Crippen molar-refractivity contribution < 1.29 is 23.1 Å². The maximum Gasteiger partial charge on any atom is 0.306 e. The Labute approximate surface area is 154 Å². The zero-order valence-electron chi connectivity index (χ0n) is 14.7. The maximum atomic E-state index is 13.2. The fourth-order valence-electron chi connectivity index (χ4n) is 3.42. The van der Waals surface area contributed by atoms with E-state index in [-0.39, 0.29) is 32.3 Å². The summed E-state index contributed by atoms with van der Waals surface area (Å²) in [6.45, 7) is 1.58. The van der Waals surface area contributed by atoms with E-state index in [1.807, 2.05) is 6.07 Å². The maximum absolute atomic E-state index is 13.2. The molecule has 2 aliphatic heterocycles. The highest BCUT2D eigenvalue weighted by molar-refractivity contribution is 7.86. The summed E-state index contributed by atoms with van der Waals surface area (Å²) in [5, 5.41) is 9.12. The van der Waals surface area contributed by atoms with Gasteiger partial charge in [-0.25, -0.2) is 0 Å². The van der Waals surface area contributed by atoms with Gasteiger partial charge in [-0.1, -0.05) is 6.07 Å². The first kappa shape index (κ1) is 19.2. The molecule has 0 spiro atoms. The lowest BCUT2D eigenvalue weighted by atomic mass is 9.99. The Balaban J connectivity index is 1.74. The summed E-state index contributed by atoms with van der Waals surface area (Å²) in [7, 11) is -3.71. The van der Waals surface area contributed by atoms with Crippen LogP contribution < -0.4 is 0 Å². The molecule has 9 heteroatoms. The topological polar surface area (TPSA) is 100 Å². The molecule has 3 heterocycles. The molecule has 26 heavy (non-hydrogen) atoms. The predicted octanol–water partition coefficient (Wildman–Crippen LogP) is 1.10. The second-order valence-corrected chi connectivity index (χ2v) is 8.70. The molecule has 0 aliphatic carbocycles. The number of carboxylic acids is 1. The molecule has 0 aromatic carbocycles. The van der Waals surface area contributed by atoms with Crippen molar-refractivity contribution in [2.45, 2.75) is 38.3 Å². The second-order valence-electron chi connectivity index (χ2n) is 6.77. The molecule has 8 nitrogen and oxygen atoms in total. The number of aromatic nitrogens is 1. The van der Waals surface area contributed by atoms with Gasteiger partial charge in [-0.05, 0) is 37.8 Å². The zero-order chi connectivity index (χ0) is 18.6. The van der Waals surface area contributed by atoms with Crippen molar-refractivity contribution in [3.8, 4) is 0 Å². The van der Waals surface area contributed by atoms with Gasteiger partial charge in [0, 0.05) is 32.4 Å². The van der Waals surface area contributed by atoms with Crippen LogP contribution in [0.4, 0.5) is 0 Å². The monoisotopic (exact) mass is 383 g/mol. The molecular formula is C17H25N3O5S. The van der Waals surface area contributed by atoms with Crippen molar-refractivity contribution in [3.05, 3.63) is 30.1 Å². The first-order chi connectivity index (χ1) is 12.5. The Hall–Kier alpha value is -1.55. The zero-order valence-corrected chi connectivity index (χ0v) is 15.5. The SMILES string of the molecule is O=C(O)C1CCN(S(=O)(=O)N(Cc2ccccn2)CC2CCCO2)CC1. The molecule has 3 rings (SSSR count). The number of rotatable bonds is 7. The van der Waals surface area contributed by atoms with Gasteiger partial charge in [0.2, 0.25) is 0 Å². The second kappa shape index (κ2) is 8.43. The number of hydrogen-bond donors (Lipinski definition) is 1. The van der Waals surface area contributed by atoms with Crippen LogP contribution in [0, 0.1) is 5.92 Å².